The van der Waals surface area contributed by atoms with E-state index in [4.69, 9.17) is 0 Å². The van der Waals surface area contributed by atoms with E-state index in [1.165, 1.54) is 0 Å². The molecule has 7 heteroatoms. The maximum atomic E-state index is 13.1. The number of rotatable bonds is 2. The van der Waals surface area contributed by atoms with Crippen molar-refractivity contribution in [1.82, 2.24) is 9.88 Å². The van der Waals surface area contributed by atoms with Crippen LogP contribution >= 0.6 is 11.8 Å². The quantitative estimate of drug-likeness (QED) is 0.812. The molecule has 0 unspecified atom stereocenters. The molecule has 0 aliphatic carbocycles. The van der Waals surface area contributed by atoms with Gasteiger partial charge in [0, 0.05) is 37.5 Å². The standard InChI is InChI=1S/C17H24F2N4S/c1-12(2)21-4-5-23-13(9-21)3-6-24-15-7-14(8-20-16(15)23)22-10-17(18,19)11-22/h7-8,12-13H,3-6,9-11H2,1-2H3/t13-/m1/s1. The molecule has 0 N–H and O–H groups in total. The van der Waals surface area contributed by atoms with Crippen molar-refractivity contribution >= 4 is 23.3 Å². The van der Waals surface area contributed by atoms with Gasteiger partial charge >= 0.3 is 0 Å². The fourth-order valence-corrected chi connectivity index (χ4v) is 4.91. The molecule has 1 aromatic heterocycles. The normalized spacial score (nSPS) is 26.6. The van der Waals surface area contributed by atoms with Crippen LogP contribution < -0.4 is 9.80 Å². The predicted octanol–water partition coefficient (Wildman–Crippen LogP) is 2.93. The molecule has 1 aromatic rings. The van der Waals surface area contributed by atoms with Crippen molar-refractivity contribution in [3.63, 3.8) is 0 Å². The van der Waals surface area contributed by atoms with Gasteiger partial charge in [-0.1, -0.05) is 0 Å². The molecule has 0 aromatic carbocycles. The summed E-state index contributed by atoms with van der Waals surface area (Å²) in [5.41, 5.74) is 0.825. The lowest BCUT2D eigenvalue weighted by molar-refractivity contribution is -0.0263. The van der Waals surface area contributed by atoms with E-state index >= 15 is 0 Å². The summed E-state index contributed by atoms with van der Waals surface area (Å²) in [5.74, 6) is -0.443. The van der Waals surface area contributed by atoms with Crippen LogP contribution in [0.5, 0.6) is 0 Å². The molecule has 0 spiro atoms. The smallest absolute Gasteiger partial charge is 0.282 e. The molecule has 0 saturated carbocycles. The van der Waals surface area contributed by atoms with Gasteiger partial charge in [-0.25, -0.2) is 13.8 Å². The van der Waals surface area contributed by atoms with Gasteiger partial charge in [0.1, 0.15) is 5.82 Å². The average Bonchev–Trinajstić information content (AvgIpc) is 2.70. The zero-order chi connectivity index (χ0) is 16.9. The Hall–Kier alpha value is -1.08. The van der Waals surface area contributed by atoms with E-state index < -0.39 is 5.92 Å². The van der Waals surface area contributed by atoms with Crippen molar-refractivity contribution in [2.75, 3.05) is 48.3 Å². The maximum absolute atomic E-state index is 13.1. The highest BCUT2D eigenvalue weighted by atomic mass is 32.2. The Balaban J connectivity index is 1.55. The van der Waals surface area contributed by atoms with Gasteiger partial charge in [0.05, 0.1) is 29.9 Å². The van der Waals surface area contributed by atoms with Crippen molar-refractivity contribution in [2.45, 2.75) is 43.2 Å². The molecule has 0 amide bonds. The number of alkyl halides is 2. The summed E-state index contributed by atoms with van der Waals surface area (Å²) in [6.07, 6.45) is 2.91. The number of nitrogens with zero attached hydrogens (tertiary/aromatic N) is 4. The summed E-state index contributed by atoms with van der Waals surface area (Å²) in [6.45, 7) is 7.26. The Morgan fingerprint density at radius 1 is 1.29 bits per heavy atom. The van der Waals surface area contributed by atoms with Crippen LogP contribution in [-0.4, -0.2) is 66.4 Å². The number of thioether (sulfide) groups is 1. The minimum atomic E-state index is -2.54. The van der Waals surface area contributed by atoms with E-state index in [-0.39, 0.29) is 13.1 Å². The van der Waals surface area contributed by atoms with Crippen LogP contribution in [0, 0.1) is 0 Å². The van der Waals surface area contributed by atoms with Crippen LogP contribution in [0.15, 0.2) is 17.2 Å². The minimum Gasteiger partial charge on any atom is -0.358 e. The Labute approximate surface area is 146 Å². The van der Waals surface area contributed by atoms with E-state index in [1.54, 1.807) is 11.1 Å². The number of halogens is 2. The summed E-state index contributed by atoms with van der Waals surface area (Å²) in [6, 6.07) is 3.13. The first kappa shape index (κ1) is 16.4. The van der Waals surface area contributed by atoms with E-state index in [1.807, 2.05) is 11.8 Å². The second-order valence-corrected chi connectivity index (χ2v) is 8.44. The third-order valence-corrected chi connectivity index (χ3v) is 6.30. The molecule has 0 bridgehead atoms. The molecular formula is C17H24F2N4S. The Morgan fingerprint density at radius 2 is 2.08 bits per heavy atom. The van der Waals surface area contributed by atoms with E-state index in [0.29, 0.717) is 12.1 Å². The zero-order valence-electron chi connectivity index (χ0n) is 14.2. The first-order valence-corrected chi connectivity index (χ1v) is 9.68. The van der Waals surface area contributed by atoms with Crippen LogP contribution in [0.3, 0.4) is 0 Å². The highest BCUT2D eigenvalue weighted by Crippen LogP contribution is 2.40. The molecule has 0 radical (unpaired) electrons. The molecule has 2 fully saturated rings. The zero-order valence-corrected chi connectivity index (χ0v) is 15.0. The first-order chi connectivity index (χ1) is 11.4. The van der Waals surface area contributed by atoms with Gasteiger partial charge in [0.2, 0.25) is 0 Å². The first-order valence-electron chi connectivity index (χ1n) is 8.69. The molecule has 132 valence electrons. The topological polar surface area (TPSA) is 22.6 Å². The number of anilines is 2. The van der Waals surface area contributed by atoms with Crippen LogP contribution in [-0.2, 0) is 0 Å². The molecule has 3 aliphatic heterocycles. The van der Waals surface area contributed by atoms with Crippen LogP contribution in [0.4, 0.5) is 20.3 Å². The summed E-state index contributed by atoms with van der Waals surface area (Å²) in [4.78, 5) is 12.5. The van der Waals surface area contributed by atoms with Crippen molar-refractivity contribution in [3.8, 4) is 0 Å². The van der Waals surface area contributed by atoms with Crippen LogP contribution in [0.1, 0.15) is 20.3 Å². The van der Waals surface area contributed by atoms with Crippen molar-refractivity contribution < 1.29 is 8.78 Å². The number of hydrogen-bond donors (Lipinski definition) is 0. The van der Waals surface area contributed by atoms with Crippen molar-refractivity contribution in [1.29, 1.82) is 0 Å². The fourth-order valence-electron chi connectivity index (χ4n) is 3.80. The van der Waals surface area contributed by atoms with Gasteiger partial charge in [-0.15, -0.1) is 11.8 Å². The Bertz CT molecular complexity index is 617. The summed E-state index contributed by atoms with van der Waals surface area (Å²) in [7, 11) is 0. The molecule has 24 heavy (non-hydrogen) atoms. The van der Waals surface area contributed by atoms with Gasteiger partial charge in [-0.3, -0.25) is 4.90 Å². The minimum absolute atomic E-state index is 0.187. The second kappa shape index (κ2) is 6.02. The highest BCUT2D eigenvalue weighted by molar-refractivity contribution is 7.99. The fraction of sp³-hybridized carbons (Fsp3) is 0.706. The number of hydrogen-bond acceptors (Lipinski definition) is 5. The lowest BCUT2D eigenvalue weighted by atomic mass is 10.1. The molecule has 1 atom stereocenters. The molecule has 3 aliphatic rings. The largest absolute Gasteiger partial charge is 0.358 e. The third kappa shape index (κ3) is 2.96. The second-order valence-electron chi connectivity index (χ2n) is 7.30. The number of fused-ring (bicyclic) bond motifs is 3. The average molecular weight is 354 g/mol. The molecular weight excluding hydrogens is 330 g/mol. The summed E-state index contributed by atoms with van der Waals surface area (Å²) >= 11 is 1.81. The highest BCUT2D eigenvalue weighted by Gasteiger charge is 2.44. The molecule has 4 rings (SSSR count). The Morgan fingerprint density at radius 3 is 2.79 bits per heavy atom. The molecule has 4 nitrogen and oxygen atoms in total. The van der Waals surface area contributed by atoms with E-state index in [9.17, 15) is 8.78 Å². The monoisotopic (exact) mass is 354 g/mol. The number of piperazine rings is 1. The van der Waals surface area contributed by atoms with Crippen LogP contribution in [0.2, 0.25) is 0 Å². The maximum Gasteiger partial charge on any atom is 0.282 e. The summed E-state index contributed by atoms with van der Waals surface area (Å²) in [5, 5.41) is 0. The lowest BCUT2D eigenvalue weighted by Crippen LogP contribution is -2.56. The number of aromatic nitrogens is 1. The van der Waals surface area contributed by atoms with E-state index in [0.717, 1.165) is 48.2 Å². The van der Waals surface area contributed by atoms with Gasteiger partial charge in [-0.05, 0) is 26.3 Å². The molecule has 2 saturated heterocycles. The van der Waals surface area contributed by atoms with Gasteiger partial charge < -0.3 is 9.80 Å². The molecule has 4 heterocycles. The van der Waals surface area contributed by atoms with E-state index in [2.05, 4.69) is 34.7 Å². The predicted molar refractivity (Wildman–Crippen MR) is 94.6 cm³/mol. The third-order valence-electron chi connectivity index (χ3n) is 5.25. The lowest BCUT2D eigenvalue weighted by Gasteiger charge is -2.43. The van der Waals surface area contributed by atoms with Gasteiger partial charge in [0.15, 0.2) is 0 Å². The Kier molecular flexibility index (Phi) is 4.11. The van der Waals surface area contributed by atoms with Gasteiger partial charge in [-0.2, -0.15) is 0 Å². The van der Waals surface area contributed by atoms with Crippen molar-refractivity contribution in [2.24, 2.45) is 0 Å². The number of pyridine rings is 1. The SMILES string of the molecule is CC(C)N1CCN2c3ncc(N4CC(F)(F)C4)cc3SCC[C@@H]2C1. The van der Waals surface area contributed by atoms with Crippen molar-refractivity contribution in [3.05, 3.63) is 12.3 Å². The van der Waals surface area contributed by atoms with Crippen LogP contribution in [0.25, 0.3) is 0 Å². The van der Waals surface area contributed by atoms with Gasteiger partial charge in [0.25, 0.3) is 5.92 Å². The summed E-state index contributed by atoms with van der Waals surface area (Å²) < 4.78 is 26.2.